The Morgan fingerprint density at radius 3 is 2.67 bits per heavy atom. The van der Waals surface area contributed by atoms with E-state index < -0.39 is 0 Å². The minimum Gasteiger partial charge on any atom is -0.324 e. The van der Waals surface area contributed by atoms with Crippen LogP contribution >= 0.6 is 34.9 Å². The molecule has 0 saturated carbocycles. The second kappa shape index (κ2) is 6.01. The fourth-order valence-electron chi connectivity index (χ4n) is 1.46. The monoisotopic (exact) mass is 301 g/mol. The predicted octanol–water partition coefficient (Wildman–Crippen LogP) is 3.57. The van der Waals surface area contributed by atoms with Crippen LogP contribution in [0.1, 0.15) is 18.5 Å². The van der Waals surface area contributed by atoms with Crippen molar-refractivity contribution in [2.24, 2.45) is 5.73 Å². The van der Waals surface area contributed by atoms with E-state index in [1.807, 2.05) is 12.3 Å². The zero-order valence-corrected chi connectivity index (χ0v) is 12.3. The smallest absolute Gasteiger partial charge is 0.179 e. The molecule has 1 aromatic carbocycles. The van der Waals surface area contributed by atoms with Gasteiger partial charge in [0, 0.05) is 16.5 Å². The first-order chi connectivity index (χ1) is 8.61. The van der Waals surface area contributed by atoms with Crippen molar-refractivity contribution in [3.63, 3.8) is 0 Å². The lowest BCUT2D eigenvalue weighted by atomic mass is 10.1. The molecule has 96 valence electrons. The molecule has 1 unspecified atom stereocenters. The quantitative estimate of drug-likeness (QED) is 0.875. The topological polar surface area (TPSA) is 51.8 Å². The minimum absolute atomic E-state index is 0.274. The van der Waals surface area contributed by atoms with E-state index in [0.717, 1.165) is 13.6 Å². The summed E-state index contributed by atoms with van der Waals surface area (Å²) in [6.45, 7) is 1.77. The SMILES string of the molecule is CSc1nnc(Sc2cccc(F)c2C(C)N)s1. The van der Waals surface area contributed by atoms with E-state index in [9.17, 15) is 4.39 Å². The summed E-state index contributed by atoms with van der Waals surface area (Å²) in [4.78, 5) is 0.800. The van der Waals surface area contributed by atoms with Gasteiger partial charge < -0.3 is 5.73 Å². The third kappa shape index (κ3) is 3.03. The second-order valence-corrected chi connectivity index (χ2v) is 6.90. The Morgan fingerprint density at radius 2 is 2.06 bits per heavy atom. The van der Waals surface area contributed by atoms with E-state index in [0.29, 0.717) is 5.56 Å². The lowest BCUT2D eigenvalue weighted by Crippen LogP contribution is -2.08. The Bertz CT molecular complexity index is 542. The Labute approximate surface area is 117 Å². The van der Waals surface area contributed by atoms with Gasteiger partial charge in [0.05, 0.1) is 0 Å². The fourth-order valence-corrected chi connectivity index (χ4v) is 4.11. The van der Waals surface area contributed by atoms with Crippen molar-refractivity contribution in [1.82, 2.24) is 10.2 Å². The van der Waals surface area contributed by atoms with Crippen LogP contribution in [0.25, 0.3) is 0 Å². The van der Waals surface area contributed by atoms with Gasteiger partial charge in [-0.1, -0.05) is 40.9 Å². The zero-order chi connectivity index (χ0) is 13.1. The highest BCUT2D eigenvalue weighted by Gasteiger charge is 2.15. The van der Waals surface area contributed by atoms with Crippen LogP contribution in [-0.2, 0) is 0 Å². The molecule has 0 amide bonds. The number of benzene rings is 1. The minimum atomic E-state index is -0.346. The largest absolute Gasteiger partial charge is 0.324 e. The van der Waals surface area contributed by atoms with E-state index in [1.165, 1.54) is 29.2 Å². The van der Waals surface area contributed by atoms with Gasteiger partial charge in [-0.15, -0.1) is 10.2 Å². The summed E-state index contributed by atoms with van der Waals surface area (Å²) in [7, 11) is 0. The van der Waals surface area contributed by atoms with Crippen molar-refractivity contribution in [1.29, 1.82) is 0 Å². The van der Waals surface area contributed by atoms with Crippen molar-refractivity contribution in [3.05, 3.63) is 29.6 Å². The van der Waals surface area contributed by atoms with Gasteiger partial charge in [0.2, 0.25) is 0 Å². The number of rotatable bonds is 4. The summed E-state index contributed by atoms with van der Waals surface area (Å²) in [5, 5.41) is 8.07. The zero-order valence-electron chi connectivity index (χ0n) is 9.88. The molecule has 0 saturated heterocycles. The molecule has 0 aliphatic heterocycles. The van der Waals surface area contributed by atoms with Crippen molar-refractivity contribution < 1.29 is 4.39 Å². The molecule has 7 heteroatoms. The lowest BCUT2D eigenvalue weighted by molar-refractivity contribution is 0.585. The lowest BCUT2D eigenvalue weighted by Gasteiger charge is -2.11. The first kappa shape index (κ1) is 13.8. The Kier molecular flexibility index (Phi) is 4.60. The normalized spacial score (nSPS) is 12.7. The molecule has 1 aromatic heterocycles. The van der Waals surface area contributed by atoms with Crippen molar-refractivity contribution in [2.75, 3.05) is 6.26 Å². The number of thioether (sulfide) groups is 1. The van der Waals surface area contributed by atoms with Crippen LogP contribution in [0.3, 0.4) is 0 Å². The Balaban J connectivity index is 2.31. The predicted molar refractivity (Wildman–Crippen MR) is 74.8 cm³/mol. The molecule has 2 aromatic rings. The van der Waals surface area contributed by atoms with Gasteiger partial charge in [0.1, 0.15) is 5.82 Å². The van der Waals surface area contributed by atoms with Crippen molar-refractivity contribution in [3.8, 4) is 0 Å². The average molecular weight is 301 g/mol. The first-order valence-electron chi connectivity index (χ1n) is 5.21. The molecule has 1 atom stereocenters. The molecule has 18 heavy (non-hydrogen) atoms. The summed E-state index contributed by atoms with van der Waals surface area (Å²) in [6, 6.07) is 4.62. The van der Waals surface area contributed by atoms with Gasteiger partial charge in [0.15, 0.2) is 8.68 Å². The number of hydrogen-bond acceptors (Lipinski definition) is 6. The highest BCUT2D eigenvalue weighted by atomic mass is 32.2. The number of nitrogens with zero attached hydrogens (tertiary/aromatic N) is 2. The van der Waals surface area contributed by atoms with Crippen LogP contribution in [0, 0.1) is 5.82 Å². The standard InChI is InChI=1S/C11H12FN3S3/c1-6(13)9-7(12)4-3-5-8(9)17-11-15-14-10(16-2)18-11/h3-6H,13H2,1-2H3. The second-order valence-electron chi connectivity index (χ2n) is 3.58. The molecule has 0 radical (unpaired) electrons. The molecule has 0 aliphatic carbocycles. The molecule has 0 aliphatic rings. The Morgan fingerprint density at radius 1 is 1.33 bits per heavy atom. The summed E-state index contributed by atoms with van der Waals surface area (Å²) >= 11 is 4.45. The van der Waals surface area contributed by atoms with E-state index in [-0.39, 0.29) is 11.9 Å². The maximum atomic E-state index is 13.7. The number of hydrogen-bond donors (Lipinski definition) is 1. The number of nitrogens with two attached hydrogens (primary N) is 1. The third-order valence-electron chi connectivity index (χ3n) is 2.23. The molecule has 0 spiro atoms. The third-order valence-corrected chi connectivity index (χ3v) is 5.25. The van der Waals surface area contributed by atoms with Crippen molar-refractivity contribution >= 4 is 34.9 Å². The van der Waals surface area contributed by atoms with Crippen LogP contribution in [0.4, 0.5) is 4.39 Å². The van der Waals surface area contributed by atoms with Gasteiger partial charge >= 0.3 is 0 Å². The van der Waals surface area contributed by atoms with E-state index >= 15 is 0 Å². The van der Waals surface area contributed by atoms with Crippen LogP contribution in [0.15, 0.2) is 31.8 Å². The van der Waals surface area contributed by atoms with Crippen LogP contribution in [-0.4, -0.2) is 16.5 Å². The van der Waals surface area contributed by atoms with Crippen LogP contribution in [0.5, 0.6) is 0 Å². The summed E-state index contributed by atoms with van der Waals surface area (Å²) in [6.07, 6.45) is 1.95. The molecule has 0 bridgehead atoms. The highest BCUT2D eigenvalue weighted by Crippen LogP contribution is 2.36. The molecule has 2 rings (SSSR count). The highest BCUT2D eigenvalue weighted by molar-refractivity contribution is 8.03. The number of aromatic nitrogens is 2. The molecular weight excluding hydrogens is 289 g/mol. The first-order valence-corrected chi connectivity index (χ1v) is 8.07. The van der Waals surface area contributed by atoms with Gasteiger partial charge in [-0.25, -0.2) is 4.39 Å². The molecular formula is C11H12FN3S3. The van der Waals surface area contributed by atoms with Crippen LogP contribution in [0.2, 0.25) is 0 Å². The molecule has 3 nitrogen and oxygen atoms in total. The fraction of sp³-hybridized carbons (Fsp3) is 0.273. The molecule has 2 N–H and O–H groups in total. The summed E-state index contributed by atoms with van der Waals surface area (Å²) < 4.78 is 15.4. The summed E-state index contributed by atoms with van der Waals surface area (Å²) in [5.41, 5.74) is 6.34. The molecule has 1 heterocycles. The van der Waals surface area contributed by atoms with E-state index in [2.05, 4.69) is 10.2 Å². The van der Waals surface area contributed by atoms with E-state index in [4.69, 9.17) is 5.73 Å². The van der Waals surface area contributed by atoms with Gasteiger partial charge in [-0.3, -0.25) is 0 Å². The maximum absolute atomic E-state index is 13.7. The summed E-state index contributed by atoms with van der Waals surface area (Å²) in [5.74, 6) is -0.274. The molecule has 0 fully saturated rings. The van der Waals surface area contributed by atoms with Gasteiger partial charge in [-0.2, -0.15) is 0 Å². The van der Waals surface area contributed by atoms with E-state index in [1.54, 1.807) is 24.8 Å². The van der Waals surface area contributed by atoms with Gasteiger partial charge in [0.25, 0.3) is 0 Å². The Hall–Kier alpha value is -0.630. The van der Waals surface area contributed by atoms with Crippen LogP contribution < -0.4 is 5.73 Å². The number of halogens is 1. The van der Waals surface area contributed by atoms with Crippen molar-refractivity contribution in [2.45, 2.75) is 26.5 Å². The van der Waals surface area contributed by atoms with Gasteiger partial charge in [-0.05, 0) is 25.3 Å². The maximum Gasteiger partial charge on any atom is 0.179 e. The average Bonchev–Trinajstić information content (AvgIpc) is 2.76.